The summed E-state index contributed by atoms with van der Waals surface area (Å²) >= 11 is 3.49. The fourth-order valence-corrected chi connectivity index (χ4v) is 2.82. The summed E-state index contributed by atoms with van der Waals surface area (Å²) in [4.78, 5) is 7.99. The van der Waals surface area contributed by atoms with E-state index >= 15 is 0 Å². The number of nitrogens with zero attached hydrogens (tertiary/aromatic N) is 1. The summed E-state index contributed by atoms with van der Waals surface area (Å²) < 4.78 is 5.25. The molecule has 1 aliphatic rings. The van der Waals surface area contributed by atoms with E-state index in [-0.39, 0.29) is 0 Å². The number of hydrogen-bond donors (Lipinski definition) is 1. The zero-order valence-electron chi connectivity index (χ0n) is 9.59. The summed E-state index contributed by atoms with van der Waals surface area (Å²) in [5, 5.41) is 2.08. The largest absolute Gasteiger partial charge is 0.497 e. The normalized spacial score (nSPS) is 14.6. The fraction of sp³-hybridized carbons (Fsp3) is 0.308. The van der Waals surface area contributed by atoms with Gasteiger partial charge in [0.2, 0.25) is 0 Å². The number of aliphatic imine (C=N–C) groups is 1. The van der Waals surface area contributed by atoms with Crippen LogP contribution in [0.4, 0.5) is 0 Å². The molecule has 17 heavy (non-hydrogen) atoms. The fourth-order valence-electron chi connectivity index (χ4n) is 2.36. The molecule has 1 aromatic heterocycles. The van der Waals surface area contributed by atoms with Crippen LogP contribution in [0.1, 0.15) is 11.3 Å². The van der Waals surface area contributed by atoms with Crippen LogP contribution in [0, 0.1) is 0 Å². The minimum absolute atomic E-state index is 0.796. The van der Waals surface area contributed by atoms with Gasteiger partial charge in [-0.1, -0.05) is 15.9 Å². The van der Waals surface area contributed by atoms with Crippen molar-refractivity contribution in [2.24, 2.45) is 4.99 Å². The topological polar surface area (TPSA) is 37.4 Å². The van der Waals surface area contributed by atoms with Gasteiger partial charge in [-0.15, -0.1) is 0 Å². The van der Waals surface area contributed by atoms with Gasteiger partial charge in [-0.05, 0) is 24.1 Å². The van der Waals surface area contributed by atoms with Crippen LogP contribution in [0.2, 0.25) is 0 Å². The Morgan fingerprint density at radius 1 is 1.47 bits per heavy atom. The third-order valence-electron chi connectivity index (χ3n) is 3.19. The number of aromatic amines is 1. The molecule has 0 spiro atoms. The van der Waals surface area contributed by atoms with Crippen molar-refractivity contribution in [2.75, 3.05) is 19.0 Å². The van der Waals surface area contributed by atoms with Crippen LogP contribution in [-0.2, 0) is 6.42 Å². The Labute approximate surface area is 108 Å². The van der Waals surface area contributed by atoms with Gasteiger partial charge in [0, 0.05) is 28.8 Å². The molecule has 0 unspecified atom stereocenters. The number of aromatic nitrogens is 1. The summed E-state index contributed by atoms with van der Waals surface area (Å²) in [6.07, 6.45) is 1.01. The lowest BCUT2D eigenvalue weighted by atomic mass is 10.0. The van der Waals surface area contributed by atoms with Crippen LogP contribution in [0.25, 0.3) is 10.9 Å². The number of alkyl halides is 1. The van der Waals surface area contributed by atoms with Crippen LogP contribution in [0.3, 0.4) is 0 Å². The first kappa shape index (κ1) is 10.8. The van der Waals surface area contributed by atoms with E-state index in [1.807, 2.05) is 12.1 Å². The van der Waals surface area contributed by atoms with E-state index in [1.54, 1.807) is 7.11 Å². The molecule has 0 saturated heterocycles. The van der Waals surface area contributed by atoms with Gasteiger partial charge in [-0.3, -0.25) is 4.99 Å². The summed E-state index contributed by atoms with van der Waals surface area (Å²) in [5.41, 5.74) is 4.80. The predicted molar refractivity (Wildman–Crippen MR) is 73.8 cm³/mol. The minimum atomic E-state index is 0.796. The number of H-pyrrole nitrogens is 1. The van der Waals surface area contributed by atoms with Crippen molar-refractivity contribution >= 4 is 32.5 Å². The maximum absolute atomic E-state index is 5.25. The van der Waals surface area contributed by atoms with Crippen molar-refractivity contribution in [1.29, 1.82) is 0 Å². The van der Waals surface area contributed by atoms with E-state index in [0.29, 0.717) is 0 Å². The standard InChI is InChI=1S/C13H13BrN2O/c1-17-8-2-3-9-10-4-5-15-12(7-14)13(10)16-11(9)6-8/h2-3,6,16H,4-5,7H2,1H3. The molecular weight excluding hydrogens is 280 g/mol. The Hall–Kier alpha value is -1.29. The monoisotopic (exact) mass is 292 g/mol. The Morgan fingerprint density at radius 2 is 2.35 bits per heavy atom. The highest BCUT2D eigenvalue weighted by atomic mass is 79.9. The smallest absolute Gasteiger partial charge is 0.120 e. The highest BCUT2D eigenvalue weighted by molar-refractivity contribution is 9.09. The van der Waals surface area contributed by atoms with Gasteiger partial charge >= 0.3 is 0 Å². The number of benzene rings is 1. The number of rotatable bonds is 2. The summed E-state index contributed by atoms with van der Waals surface area (Å²) in [6, 6.07) is 6.18. The molecule has 0 bridgehead atoms. The average Bonchev–Trinajstić information content (AvgIpc) is 2.75. The van der Waals surface area contributed by atoms with Crippen molar-refractivity contribution in [1.82, 2.24) is 4.98 Å². The van der Waals surface area contributed by atoms with Gasteiger partial charge in [0.05, 0.1) is 18.5 Å². The number of nitrogens with one attached hydrogen (secondary N) is 1. The van der Waals surface area contributed by atoms with E-state index in [9.17, 15) is 0 Å². The van der Waals surface area contributed by atoms with Crippen LogP contribution in [0.5, 0.6) is 5.75 Å². The molecule has 0 saturated carbocycles. The van der Waals surface area contributed by atoms with E-state index in [4.69, 9.17) is 4.74 Å². The molecule has 2 aromatic rings. The Morgan fingerprint density at radius 3 is 3.12 bits per heavy atom. The number of methoxy groups -OCH3 is 1. The van der Waals surface area contributed by atoms with Gasteiger partial charge in [-0.2, -0.15) is 0 Å². The number of fused-ring (bicyclic) bond motifs is 3. The van der Waals surface area contributed by atoms with E-state index in [2.05, 4.69) is 32.0 Å². The van der Waals surface area contributed by atoms with E-state index in [0.717, 1.165) is 35.3 Å². The molecule has 1 aromatic carbocycles. The maximum Gasteiger partial charge on any atom is 0.120 e. The van der Waals surface area contributed by atoms with Crippen LogP contribution in [0.15, 0.2) is 23.2 Å². The lowest BCUT2D eigenvalue weighted by molar-refractivity contribution is 0.415. The first-order valence-electron chi connectivity index (χ1n) is 5.61. The molecule has 0 amide bonds. The second-order valence-electron chi connectivity index (χ2n) is 4.10. The van der Waals surface area contributed by atoms with Crippen LogP contribution < -0.4 is 4.74 Å². The zero-order chi connectivity index (χ0) is 11.8. The molecule has 3 nitrogen and oxygen atoms in total. The lowest BCUT2D eigenvalue weighted by Gasteiger charge is -2.10. The molecule has 4 heteroatoms. The third kappa shape index (κ3) is 1.67. The molecule has 0 atom stereocenters. The highest BCUT2D eigenvalue weighted by Crippen LogP contribution is 2.29. The summed E-state index contributed by atoms with van der Waals surface area (Å²) in [7, 11) is 1.69. The van der Waals surface area contributed by atoms with Crippen molar-refractivity contribution in [3.05, 3.63) is 29.5 Å². The molecule has 88 valence electrons. The molecular formula is C13H13BrN2O. The minimum Gasteiger partial charge on any atom is -0.497 e. The van der Waals surface area contributed by atoms with Gasteiger partial charge < -0.3 is 9.72 Å². The van der Waals surface area contributed by atoms with Gasteiger partial charge in [-0.25, -0.2) is 0 Å². The third-order valence-corrected chi connectivity index (χ3v) is 3.72. The SMILES string of the molecule is COc1ccc2c3c([nH]c2c1)C(CBr)=NCC3. The molecule has 1 N–H and O–H groups in total. The molecule has 0 radical (unpaired) electrons. The first-order valence-corrected chi connectivity index (χ1v) is 6.74. The maximum atomic E-state index is 5.25. The second-order valence-corrected chi connectivity index (χ2v) is 4.66. The quantitative estimate of drug-likeness (QED) is 0.849. The van der Waals surface area contributed by atoms with E-state index in [1.165, 1.54) is 16.6 Å². The first-order chi connectivity index (χ1) is 8.33. The number of hydrogen-bond acceptors (Lipinski definition) is 2. The predicted octanol–water partition coefficient (Wildman–Crippen LogP) is 2.92. The van der Waals surface area contributed by atoms with Gasteiger partial charge in [0.15, 0.2) is 0 Å². The Bertz CT molecular complexity index is 601. The van der Waals surface area contributed by atoms with E-state index < -0.39 is 0 Å². The molecule has 1 aliphatic heterocycles. The zero-order valence-corrected chi connectivity index (χ0v) is 11.2. The van der Waals surface area contributed by atoms with Crippen molar-refractivity contribution in [3.8, 4) is 5.75 Å². The van der Waals surface area contributed by atoms with Crippen LogP contribution in [-0.4, -0.2) is 29.7 Å². The van der Waals surface area contributed by atoms with Gasteiger partial charge in [0.25, 0.3) is 0 Å². The molecule has 0 aliphatic carbocycles. The lowest BCUT2D eigenvalue weighted by Crippen LogP contribution is -2.13. The summed E-state index contributed by atoms with van der Waals surface area (Å²) in [5.74, 6) is 0.883. The summed E-state index contributed by atoms with van der Waals surface area (Å²) in [6.45, 7) is 0.882. The number of halogens is 1. The molecule has 3 rings (SSSR count). The Kier molecular flexibility index (Phi) is 2.67. The molecule has 2 heterocycles. The Balaban J connectivity index is 2.23. The molecule has 0 fully saturated rings. The average molecular weight is 293 g/mol. The highest BCUT2D eigenvalue weighted by Gasteiger charge is 2.18. The van der Waals surface area contributed by atoms with Crippen molar-refractivity contribution in [2.45, 2.75) is 6.42 Å². The van der Waals surface area contributed by atoms with Crippen molar-refractivity contribution < 1.29 is 4.74 Å². The van der Waals surface area contributed by atoms with Crippen LogP contribution >= 0.6 is 15.9 Å². The second kappa shape index (κ2) is 4.18. The number of ether oxygens (including phenoxy) is 1. The van der Waals surface area contributed by atoms with Crippen molar-refractivity contribution in [3.63, 3.8) is 0 Å². The van der Waals surface area contributed by atoms with Gasteiger partial charge in [0.1, 0.15) is 5.75 Å².